The van der Waals surface area contributed by atoms with Gasteiger partial charge in [-0.2, -0.15) is 13.2 Å². The van der Waals surface area contributed by atoms with Gasteiger partial charge in [-0.15, -0.1) is 0 Å². The number of anilines is 1. The van der Waals surface area contributed by atoms with Gasteiger partial charge in [0.2, 0.25) is 0 Å². The summed E-state index contributed by atoms with van der Waals surface area (Å²) >= 11 is 0. The van der Waals surface area contributed by atoms with Crippen LogP contribution in [-0.4, -0.2) is 17.1 Å². The Bertz CT molecular complexity index is 444. The summed E-state index contributed by atoms with van der Waals surface area (Å²) in [5.74, 6) is 0.836. The Morgan fingerprint density at radius 2 is 2.15 bits per heavy atom. The zero-order chi connectivity index (χ0) is 14.8. The van der Waals surface area contributed by atoms with Gasteiger partial charge in [0.05, 0.1) is 11.1 Å². The topological polar surface area (TPSA) is 50.9 Å². The van der Waals surface area contributed by atoms with Gasteiger partial charge in [0.25, 0.3) is 0 Å². The number of halogens is 3. The molecule has 2 unspecified atom stereocenters. The minimum atomic E-state index is -4.35. The first-order valence-electron chi connectivity index (χ1n) is 6.89. The molecule has 1 saturated carbocycles. The van der Waals surface area contributed by atoms with Gasteiger partial charge in [-0.25, -0.2) is 4.98 Å². The third-order valence-electron chi connectivity index (χ3n) is 4.29. The fourth-order valence-electron chi connectivity index (χ4n) is 2.84. The van der Waals surface area contributed by atoms with Crippen molar-refractivity contribution in [1.82, 2.24) is 4.98 Å². The minimum absolute atomic E-state index is 0.259. The lowest BCUT2D eigenvalue weighted by Gasteiger charge is -2.43. The highest BCUT2D eigenvalue weighted by atomic mass is 19.4. The molecule has 1 aliphatic carbocycles. The van der Waals surface area contributed by atoms with Crippen LogP contribution in [0.2, 0.25) is 0 Å². The van der Waals surface area contributed by atoms with Gasteiger partial charge < -0.3 is 11.1 Å². The van der Waals surface area contributed by atoms with Gasteiger partial charge in [-0.1, -0.05) is 19.8 Å². The van der Waals surface area contributed by atoms with E-state index in [1.54, 1.807) is 0 Å². The van der Waals surface area contributed by atoms with Crippen LogP contribution in [0.25, 0.3) is 0 Å². The molecule has 0 spiro atoms. The zero-order valence-electron chi connectivity index (χ0n) is 11.5. The van der Waals surface area contributed by atoms with Crippen LogP contribution < -0.4 is 11.1 Å². The third kappa shape index (κ3) is 3.06. The highest BCUT2D eigenvalue weighted by molar-refractivity contribution is 5.40. The third-order valence-corrected chi connectivity index (χ3v) is 4.29. The van der Waals surface area contributed by atoms with E-state index in [4.69, 9.17) is 5.73 Å². The lowest BCUT2D eigenvalue weighted by atomic mass is 9.73. The molecule has 0 aliphatic heterocycles. The molecule has 6 heteroatoms. The Hall–Kier alpha value is -1.30. The fourth-order valence-corrected chi connectivity index (χ4v) is 2.84. The van der Waals surface area contributed by atoms with E-state index in [9.17, 15) is 13.2 Å². The lowest BCUT2D eigenvalue weighted by molar-refractivity contribution is -0.137. The number of pyridine rings is 1. The first kappa shape index (κ1) is 15.1. The standard InChI is InChI=1S/C14H20F3N3/c1-10-4-2-3-7-13(10,9-18)20-12-6-5-11(8-19-12)14(15,16)17/h5-6,8,10H,2-4,7,9,18H2,1H3,(H,19,20). The summed E-state index contributed by atoms with van der Waals surface area (Å²) < 4.78 is 37.5. The highest BCUT2D eigenvalue weighted by Gasteiger charge is 2.37. The molecule has 1 aromatic heterocycles. The van der Waals surface area contributed by atoms with Crippen molar-refractivity contribution in [1.29, 1.82) is 0 Å². The summed E-state index contributed by atoms with van der Waals surface area (Å²) in [5.41, 5.74) is 4.91. The molecule has 0 amide bonds. The molecule has 0 saturated heterocycles. The fraction of sp³-hybridized carbons (Fsp3) is 0.643. The molecule has 0 aromatic carbocycles. The van der Waals surface area contributed by atoms with Crippen LogP contribution in [0.5, 0.6) is 0 Å². The van der Waals surface area contributed by atoms with Gasteiger partial charge >= 0.3 is 6.18 Å². The zero-order valence-corrected chi connectivity index (χ0v) is 11.5. The number of aromatic nitrogens is 1. The number of rotatable bonds is 3. The summed E-state index contributed by atoms with van der Waals surface area (Å²) in [6, 6.07) is 2.43. The number of hydrogen-bond donors (Lipinski definition) is 2. The van der Waals surface area contributed by atoms with Gasteiger partial charge in [0.1, 0.15) is 5.82 Å². The largest absolute Gasteiger partial charge is 0.417 e. The van der Waals surface area contributed by atoms with Crippen LogP contribution in [0, 0.1) is 5.92 Å². The quantitative estimate of drug-likeness (QED) is 0.895. The summed E-state index contributed by atoms with van der Waals surface area (Å²) in [7, 11) is 0. The average molecular weight is 287 g/mol. The van der Waals surface area contributed by atoms with Crippen LogP contribution >= 0.6 is 0 Å². The highest BCUT2D eigenvalue weighted by Crippen LogP contribution is 2.36. The first-order valence-corrected chi connectivity index (χ1v) is 6.89. The van der Waals surface area contributed by atoms with E-state index in [2.05, 4.69) is 17.2 Å². The monoisotopic (exact) mass is 287 g/mol. The second-order valence-electron chi connectivity index (χ2n) is 5.56. The molecule has 2 atom stereocenters. The Balaban J connectivity index is 2.16. The Morgan fingerprint density at radius 1 is 1.40 bits per heavy atom. The molecule has 3 nitrogen and oxygen atoms in total. The summed E-state index contributed by atoms with van der Waals surface area (Å²) in [6.07, 6.45) is 0.758. The van der Waals surface area contributed by atoms with Crippen molar-refractivity contribution in [2.45, 2.75) is 44.3 Å². The van der Waals surface area contributed by atoms with Crippen molar-refractivity contribution >= 4 is 5.82 Å². The van der Waals surface area contributed by atoms with Crippen molar-refractivity contribution in [2.75, 3.05) is 11.9 Å². The first-order chi connectivity index (χ1) is 9.37. The summed E-state index contributed by atoms with van der Waals surface area (Å²) in [5, 5.41) is 3.27. The molecular formula is C14H20F3N3. The minimum Gasteiger partial charge on any atom is -0.363 e. The van der Waals surface area contributed by atoms with Crippen molar-refractivity contribution in [2.24, 2.45) is 11.7 Å². The number of alkyl halides is 3. The molecule has 0 radical (unpaired) electrons. The molecule has 1 fully saturated rings. The van der Waals surface area contributed by atoms with Crippen LogP contribution in [0.4, 0.5) is 19.0 Å². The lowest BCUT2D eigenvalue weighted by Crippen LogP contribution is -2.52. The molecule has 1 aromatic rings. The van der Waals surface area contributed by atoms with Gasteiger partial charge in [-0.3, -0.25) is 0 Å². The summed E-state index contributed by atoms with van der Waals surface area (Å²) in [4.78, 5) is 3.88. The number of nitrogens with zero attached hydrogens (tertiary/aromatic N) is 1. The van der Waals surface area contributed by atoms with Crippen molar-refractivity contribution < 1.29 is 13.2 Å². The molecule has 1 heterocycles. The molecule has 112 valence electrons. The van der Waals surface area contributed by atoms with E-state index >= 15 is 0 Å². The molecule has 3 N–H and O–H groups in total. The van der Waals surface area contributed by atoms with Crippen molar-refractivity contribution in [3.8, 4) is 0 Å². The van der Waals surface area contributed by atoms with Crippen LogP contribution in [0.3, 0.4) is 0 Å². The summed E-state index contributed by atoms with van der Waals surface area (Å²) in [6.45, 7) is 2.58. The predicted molar refractivity (Wildman–Crippen MR) is 72.3 cm³/mol. The van der Waals surface area contributed by atoms with E-state index < -0.39 is 11.7 Å². The van der Waals surface area contributed by atoms with Crippen LogP contribution in [0.1, 0.15) is 38.2 Å². The number of hydrogen-bond acceptors (Lipinski definition) is 3. The number of nitrogens with one attached hydrogen (secondary N) is 1. The van der Waals surface area contributed by atoms with Crippen LogP contribution in [-0.2, 0) is 6.18 Å². The molecule has 0 bridgehead atoms. The van der Waals surface area contributed by atoms with E-state index in [1.165, 1.54) is 12.5 Å². The van der Waals surface area contributed by atoms with Crippen LogP contribution in [0.15, 0.2) is 18.3 Å². The van der Waals surface area contributed by atoms with E-state index in [0.29, 0.717) is 18.3 Å². The molecule has 20 heavy (non-hydrogen) atoms. The average Bonchev–Trinajstić information content (AvgIpc) is 2.41. The molecule has 1 aliphatic rings. The maximum atomic E-state index is 12.5. The predicted octanol–water partition coefficient (Wildman–Crippen LogP) is 3.42. The SMILES string of the molecule is CC1CCCCC1(CN)Nc1ccc(C(F)(F)F)cn1. The normalized spacial score (nSPS) is 27.4. The molecular weight excluding hydrogens is 267 g/mol. The Morgan fingerprint density at radius 3 is 2.65 bits per heavy atom. The van der Waals surface area contributed by atoms with Crippen molar-refractivity contribution in [3.05, 3.63) is 23.9 Å². The van der Waals surface area contributed by atoms with E-state index in [-0.39, 0.29) is 5.54 Å². The van der Waals surface area contributed by atoms with Crippen molar-refractivity contribution in [3.63, 3.8) is 0 Å². The Kier molecular flexibility index (Phi) is 4.22. The smallest absolute Gasteiger partial charge is 0.363 e. The second-order valence-corrected chi connectivity index (χ2v) is 5.56. The van der Waals surface area contributed by atoms with E-state index in [0.717, 1.165) is 31.5 Å². The van der Waals surface area contributed by atoms with Gasteiger partial charge in [0.15, 0.2) is 0 Å². The Labute approximate surface area is 116 Å². The van der Waals surface area contributed by atoms with Gasteiger partial charge in [-0.05, 0) is 30.9 Å². The van der Waals surface area contributed by atoms with Gasteiger partial charge in [0, 0.05) is 12.7 Å². The maximum absolute atomic E-state index is 12.5. The maximum Gasteiger partial charge on any atom is 0.417 e. The number of nitrogens with two attached hydrogens (primary N) is 1. The van der Waals surface area contributed by atoms with E-state index in [1.807, 2.05) is 0 Å². The second kappa shape index (κ2) is 5.60. The molecule has 2 rings (SSSR count).